The summed E-state index contributed by atoms with van der Waals surface area (Å²) in [6.07, 6.45) is 1.23. The first kappa shape index (κ1) is 17.7. The van der Waals surface area contributed by atoms with Crippen LogP contribution in [0.1, 0.15) is 26.2 Å². The minimum atomic E-state index is -0.833. The summed E-state index contributed by atoms with van der Waals surface area (Å²) in [7, 11) is 1.55. The van der Waals surface area contributed by atoms with Crippen molar-refractivity contribution in [3.8, 4) is 0 Å². The molecule has 0 bridgehead atoms. The average molecular weight is 276 g/mol. The molecule has 0 aromatic heterocycles. The van der Waals surface area contributed by atoms with Gasteiger partial charge in [-0.15, -0.1) is 0 Å². The van der Waals surface area contributed by atoms with Gasteiger partial charge in [0, 0.05) is 32.7 Å². The minimum Gasteiger partial charge on any atom is -0.481 e. The molecular weight excluding hydrogens is 252 g/mol. The molecule has 1 unspecified atom stereocenters. The number of urea groups is 1. The highest BCUT2D eigenvalue weighted by molar-refractivity contribution is 5.74. The van der Waals surface area contributed by atoms with Crippen molar-refractivity contribution in [2.45, 2.75) is 32.2 Å². The highest BCUT2D eigenvalue weighted by Gasteiger charge is 2.15. The number of carbonyl (C=O) groups excluding carboxylic acids is 1. The second-order valence-electron chi connectivity index (χ2n) is 4.34. The molecule has 0 aromatic rings. The van der Waals surface area contributed by atoms with Crippen LogP contribution in [0.2, 0.25) is 0 Å². The van der Waals surface area contributed by atoms with Crippen molar-refractivity contribution >= 4 is 12.0 Å². The number of ether oxygens (including phenoxy) is 1. The summed E-state index contributed by atoms with van der Waals surface area (Å²) in [4.78, 5) is 23.7. The molecule has 19 heavy (non-hydrogen) atoms. The van der Waals surface area contributed by atoms with Crippen molar-refractivity contribution in [1.29, 1.82) is 0 Å². The van der Waals surface area contributed by atoms with Gasteiger partial charge < -0.3 is 25.2 Å². The Morgan fingerprint density at radius 1 is 1.37 bits per heavy atom. The average Bonchev–Trinajstić information content (AvgIpc) is 2.33. The Bertz CT molecular complexity index is 273. The number of nitrogens with zero attached hydrogens (tertiary/aromatic N) is 1. The van der Waals surface area contributed by atoms with Crippen molar-refractivity contribution < 1.29 is 24.5 Å². The van der Waals surface area contributed by atoms with E-state index in [1.54, 1.807) is 7.11 Å². The summed E-state index contributed by atoms with van der Waals surface area (Å²) in [5, 5.41) is 20.2. The van der Waals surface area contributed by atoms with Crippen LogP contribution in [-0.2, 0) is 9.53 Å². The molecule has 0 aliphatic heterocycles. The number of carboxylic acids is 1. The fourth-order valence-corrected chi connectivity index (χ4v) is 1.57. The molecule has 0 aliphatic carbocycles. The van der Waals surface area contributed by atoms with Gasteiger partial charge in [0.1, 0.15) is 0 Å². The number of carbonyl (C=O) groups is 2. The van der Waals surface area contributed by atoms with Crippen LogP contribution in [0.4, 0.5) is 4.79 Å². The van der Waals surface area contributed by atoms with Gasteiger partial charge in [-0.1, -0.05) is 0 Å². The van der Waals surface area contributed by atoms with E-state index in [1.165, 1.54) is 4.90 Å². The van der Waals surface area contributed by atoms with E-state index in [0.717, 1.165) is 0 Å². The number of aliphatic hydroxyl groups is 1. The molecule has 3 N–H and O–H groups in total. The maximum Gasteiger partial charge on any atom is 0.317 e. The van der Waals surface area contributed by atoms with Crippen LogP contribution in [0.5, 0.6) is 0 Å². The highest BCUT2D eigenvalue weighted by Crippen LogP contribution is 2.01. The third-order valence-electron chi connectivity index (χ3n) is 2.62. The van der Waals surface area contributed by atoms with Gasteiger partial charge in [0.2, 0.25) is 0 Å². The van der Waals surface area contributed by atoms with E-state index in [9.17, 15) is 9.59 Å². The van der Waals surface area contributed by atoms with Gasteiger partial charge in [0.25, 0.3) is 0 Å². The predicted octanol–water partition coefficient (Wildman–Crippen LogP) is 0.280. The van der Waals surface area contributed by atoms with Crippen LogP contribution in [0.3, 0.4) is 0 Å². The van der Waals surface area contributed by atoms with Gasteiger partial charge in [-0.25, -0.2) is 4.79 Å². The van der Waals surface area contributed by atoms with E-state index in [1.807, 2.05) is 6.92 Å². The minimum absolute atomic E-state index is 0.101. The largest absolute Gasteiger partial charge is 0.481 e. The zero-order chi connectivity index (χ0) is 14.7. The zero-order valence-corrected chi connectivity index (χ0v) is 11.6. The molecule has 0 fully saturated rings. The topological polar surface area (TPSA) is 99.1 Å². The molecular formula is C12H24N2O5. The molecule has 0 aliphatic rings. The maximum absolute atomic E-state index is 11.9. The molecule has 7 heteroatoms. The Labute approximate surface area is 113 Å². The van der Waals surface area contributed by atoms with E-state index >= 15 is 0 Å². The van der Waals surface area contributed by atoms with Crippen molar-refractivity contribution in [1.82, 2.24) is 10.2 Å². The molecule has 0 radical (unpaired) electrons. The van der Waals surface area contributed by atoms with Crippen molar-refractivity contribution in [2.75, 3.05) is 33.4 Å². The molecule has 7 nitrogen and oxygen atoms in total. The van der Waals surface area contributed by atoms with Crippen LogP contribution < -0.4 is 5.32 Å². The predicted molar refractivity (Wildman–Crippen MR) is 70.0 cm³/mol. The number of aliphatic carboxylic acids is 1. The van der Waals surface area contributed by atoms with Crippen LogP contribution in [0, 0.1) is 0 Å². The number of hydrogen-bond donors (Lipinski definition) is 3. The summed E-state index contributed by atoms with van der Waals surface area (Å²) in [5.74, 6) is -0.833. The number of methoxy groups -OCH3 is 1. The summed E-state index contributed by atoms with van der Waals surface area (Å²) >= 11 is 0. The fourth-order valence-electron chi connectivity index (χ4n) is 1.57. The standard InChI is InChI=1S/C12H24N2O5/c1-10(4-3-5-11(16)17)13-12(18)14(6-8-15)7-9-19-2/h10,15H,3-9H2,1-2H3,(H,13,18)(H,16,17). The zero-order valence-electron chi connectivity index (χ0n) is 11.6. The SMILES string of the molecule is COCCN(CCO)C(=O)NC(C)CCCC(=O)O. The summed E-state index contributed by atoms with van der Waals surface area (Å²) in [6, 6.07) is -0.371. The lowest BCUT2D eigenvalue weighted by molar-refractivity contribution is -0.137. The lowest BCUT2D eigenvalue weighted by Gasteiger charge is -2.24. The first-order valence-electron chi connectivity index (χ1n) is 6.38. The Hall–Kier alpha value is -1.34. The monoisotopic (exact) mass is 276 g/mol. The van der Waals surface area contributed by atoms with Gasteiger partial charge in [-0.05, 0) is 19.8 Å². The molecule has 112 valence electrons. The number of nitrogens with one attached hydrogen (secondary N) is 1. The van der Waals surface area contributed by atoms with Crippen LogP contribution >= 0.6 is 0 Å². The van der Waals surface area contributed by atoms with E-state index in [4.69, 9.17) is 14.9 Å². The Balaban J connectivity index is 4.03. The van der Waals surface area contributed by atoms with Crippen molar-refractivity contribution in [3.63, 3.8) is 0 Å². The molecule has 0 saturated heterocycles. The number of aliphatic hydroxyl groups excluding tert-OH is 1. The van der Waals surface area contributed by atoms with Gasteiger partial charge >= 0.3 is 12.0 Å². The summed E-state index contributed by atoms with van der Waals surface area (Å²) in [5.41, 5.74) is 0. The lowest BCUT2D eigenvalue weighted by atomic mass is 10.1. The number of carboxylic acid groups (broad SMARTS) is 1. The lowest BCUT2D eigenvalue weighted by Crippen LogP contribution is -2.46. The Morgan fingerprint density at radius 3 is 2.58 bits per heavy atom. The quantitative estimate of drug-likeness (QED) is 0.532. The number of rotatable bonds is 10. The van der Waals surface area contributed by atoms with E-state index in [-0.39, 0.29) is 31.6 Å². The van der Waals surface area contributed by atoms with Crippen LogP contribution in [0.15, 0.2) is 0 Å². The van der Waals surface area contributed by atoms with Crippen LogP contribution in [0.25, 0.3) is 0 Å². The normalized spacial score (nSPS) is 11.9. The number of amides is 2. The Kier molecular flexibility index (Phi) is 9.82. The third kappa shape index (κ3) is 9.26. The van der Waals surface area contributed by atoms with Gasteiger partial charge in [0.05, 0.1) is 13.2 Å². The van der Waals surface area contributed by atoms with Crippen molar-refractivity contribution in [3.05, 3.63) is 0 Å². The highest BCUT2D eigenvalue weighted by atomic mass is 16.5. The van der Waals surface area contributed by atoms with Crippen LogP contribution in [-0.4, -0.2) is 66.6 Å². The van der Waals surface area contributed by atoms with Crippen molar-refractivity contribution in [2.24, 2.45) is 0 Å². The molecule has 1 atom stereocenters. The smallest absolute Gasteiger partial charge is 0.317 e. The summed E-state index contributed by atoms with van der Waals surface area (Å²) < 4.78 is 4.90. The fraction of sp³-hybridized carbons (Fsp3) is 0.833. The first-order chi connectivity index (χ1) is 9.01. The first-order valence-corrected chi connectivity index (χ1v) is 6.38. The molecule has 0 aromatic carbocycles. The van der Waals surface area contributed by atoms with E-state index in [0.29, 0.717) is 26.0 Å². The summed E-state index contributed by atoms with van der Waals surface area (Å²) in [6.45, 7) is 2.78. The number of hydrogen-bond acceptors (Lipinski definition) is 4. The third-order valence-corrected chi connectivity index (χ3v) is 2.62. The van der Waals surface area contributed by atoms with E-state index < -0.39 is 5.97 Å². The second-order valence-corrected chi connectivity index (χ2v) is 4.34. The maximum atomic E-state index is 11.9. The Morgan fingerprint density at radius 2 is 2.05 bits per heavy atom. The second kappa shape index (κ2) is 10.6. The van der Waals surface area contributed by atoms with E-state index in [2.05, 4.69) is 5.32 Å². The van der Waals surface area contributed by atoms with Gasteiger partial charge in [0.15, 0.2) is 0 Å². The molecule has 0 saturated carbocycles. The molecule has 0 heterocycles. The molecule has 0 spiro atoms. The van der Waals surface area contributed by atoms with Gasteiger partial charge in [-0.2, -0.15) is 0 Å². The molecule has 0 rings (SSSR count). The van der Waals surface area contributed by atoms with Gasteiger partial charge in [-0.3, -0.25) is 4.79 Å². The molecule has 2 amide bonds.